The number of unbranched alkanes of at least 4 members (excludes halogenated alkanes) is 4. The number of hydrogen-bond donors (Lipinski definition) is 0. The van der Waals surface area contributed by atoms with Gasteiger partial charge in [-0.1, -0.05) is 102 Å². The molecule has 1 saturated carbocycles. The van der Waals surface area contributed by atoms with Crippen LogP contribution in [0.2, 0.25) is 0 Å². The summed E-state index contributed by atoms with van der Waals surface area (Å²) in [6, 6.07) is 8.82. The van der Waals surface area contributed by atoms with Gasteiger partial charge >= 0.3 is 0 Å². The molecule has 3 nitrogen and oxygen atoms in total. The molecule has 0 amide bonds. The molecular formula is C28H42N2O. The Kier molecular flexibility index (Phi) is 10.3. The second-order valence-electron chi connectivity index (χ2n) is 9.42. The van der Waals surface area contributed by atoms with Gasteiger partial charge in [0.25, 0.3) is 0 Å². The normalized spacial score (nSPS) is 18.8. The van der Waals surface area contributed by atoms with Gasteiger partial charge in [0.05, 0.1) is 19.0 Å². The van der Waals surface area contributed by atoms with E-state index in [9.17, 15) is 0 Å². The summed E-state index contributed by atoms with van der Waals surface area (Å²) < 4.78 is 5.57. The molecule has 0 spiro atoms. The van der Waals surface area contributed by atoms with Gasteiger partial charge in [-0.25, -0.2) is 9.97 Å². The Labute approximate surface area is 190 Å². The van der Waals surface area contributed by atoms with Crippen molar-refractivity contribution in [3.05, 3.63) is 42.2 Å². The van der Waals surface area contributed by atoms with Crippen LogP contribution in [0, 0.1) is 11.8 Å². The van der Waals surface area contributed by atoms with E-state index >= 15 is 0 Å². The molecule has 1 aliphatic carbocycles. The smallest absolute Gasteiger partial charge is 0.159 e. The molecule has 1 aromatic heterocycles. The lowest BCUT2D eigenvalue weighted by Gasteiger charge is -2.28. The number of rotatable bonds is 13. The summed E-state index contributed by atoms with van der Waals surface area (Å²) in [5.41, 5.74) is 2.51. The molecular weight excluding hydrogens is 380 g/mol. The molecule has 3 heteroatoms. The minimum atomic E-state index is 0.706. The van der Waals surface area contributed by atoms with Crippen molar-refractivity contribution in [3.63, 3.8) is 0 Å². The molecule has 0 saturated heterocycles. The van der Waals surface area contributed by atoms with Crippen LogP contribution >= 0.6 is 0 Å². The van der Waals surface area contributed by atoms with Gasteiger partial charge < -0.3 is 4.74 Å². The van der Waals surface area contributed by atoms with E-state index < -0.39 is 0 Å². The molecule has 0 unspecified atom stereocenters. The molecule has 2 aromatic rings. The Morgan fingerprint density at radius 3 is 2.06 bits per heavy atom. The van der Waals surface area contributed by atoms with Crippen molar-refractivity contribution in [2.75, 3.05) is 6.61 Å². The molecule has 1 aromatic carbocycles. The summed E-state index contributed by atoms with van der Waals surface area (Å²) in [5, 5.41) is 0. The number of ether oxygens (including phenoxy) is 1. The highest BCUT2D eigenvalue weighted by Gasteiger charge is 2.20. The molecule has 1 aliphatic rings. The van der Waals surface area contributed by atoms with Gasteiger partial charge in [-0.15, -0.1) is 0 Å². The van der Waals surface area contributed by atoms with Gasteiger partial charge in [-0.2, -0.15) is 0 Å². The van der Waals surface area contributed by atoms with Crippen LogP contribution in [0.25, 0.3) is 11.4 Å². The zero-order chi connectivity index (χ0) is 21.7. The Morgan fingerprint density at radius 1 is 0.774 bits per heavy atom. The topological polar surface area (TPSA) is 35.0 Å². The van der Waals surface area contributed by atoms with Crippen LogP contribution in [0.1, 0.15) is 96.5 Å². The fraction of sp³-hybridized carbons (Fsp3) is 0.643. The van der Waals surface area contributed by atoms with Crippen molar-refractivity contribution >= 4 is 0 Å². The summed E-state index contributed by atoms with van der Waals surface area (Å²) >= 11 is 0. The first-order chi connectivity index (χ1) is 15.3. The van der Waals surface area contributed by atoms with Crippen LogP contribution in [0.3, 0.4) is 0 Å². The Balaban J connectivity index is 1.36. The molecule has 0 atom stereocenters. The maximum absolute atomic E-state index is 5.57. The van der Waals surface area contributed by atoms with Crippen molar-refractivity contribution in [3.8, 4) is 17.1 Å². The second-order valence-corrected chi connectivity index (χ2v) is 9.42. The minimum Gasteiger partial charge on any atom is -0.490 e. The van der Waals surface area contributed by atoms with Crippen LogP contribution in [-0.4, -0.2) is 16.6 Å². The fourth-order valence-corrected chi connectivity index (χ4v) is 4.80. The lowest BCUT2D eigenvalue weighted by molar-refractivity contribution is 0.248. The summed E-state index contributed by atoms with van der Waals surface area (Å²) in [5.74, 6) is 3.45. The van der Waals surface area contributed by atoms with Gasteiger partial charge in [0.15, 0.2) is 11.6 Å². The fourth-order valence-electron chi connectivity index (χ4n) is 4.80. The molecule has 0 N–H and O–H groups in total. The summed E-state index contributed by atoms with van der Waals surface area (Å²) in [6.45, 7) is 5.10. The summed E-state index contributed by atoms with van der Waals surface area (Å²) in [4.78, 5) is 8.92. The molecule has 0 bridgehead atoms. The van der Waals surface area contributed by atoms with Gasteiger partial charge in [0.1, 0.15) is 0 Å². The number of aromatic nitrogens is 2. The average molecular weight is 423 g/mol. The Hall–Kier alpha value is -1.90. The van der Waals surface area contributed by atoms with Crippen molar-refractivity contribution in [2.45, 2.75) is 97.3 Å². The molecule has 31 heavy (non-hydrogen) atoms. The zero-order valence-corrected chi connectivity index (χ0v) is 19.8. The highest BCUT2D eigenvalue weighted by Crippen LogP contribution is 2.34. The quantitative estimate of drug-likeness (QED) is 0.306. The van der Waals surface area contributed by atoms with E-state index in [-0.39, 0.29) is 0 Å². The van der Waals surface area contributed by atoms with E-state index in [4.69, 9.17) is 4.74 Å². The van der Waals surface area contributed by atoms with E-state index in [1.165, 1.54) is 82.6 Å². The summed E-state index contributed by atoms with van der Waals surface area (Å²) in [6.07, 6.45) is 21.5. The van der Waals surface area contributed by atoms with E-state index in [1.54, 1.807) is 12.4 Å². The third-order valence-electron chi connectivity index (χ3n) is 6.84. The molecule has 0 radical (unpaired) electrons. The monoisotopic (exact) mass is 422 g/mol. The van der Waals surface area contributed by atoms with Crippen molar-refractivity contribution in [1.82, 2.24) is 9.97 Å². The van der Waals surface area contributed by atoms with Crippen LogP contribution in [0.5, 0.6) is 5.75 Å². The second kappa shape index (κ2) is 13.5. The van der Waals surface area contributed by atoms with E-state index in [0.29, 0.717) is 6.61 Å². The minimum absolute atomic E-state index is 0.706. The third-order valence-corrected chi connectivity index (χ3v) is 6.84. The molecule has 170 valence electrons. The Morgan fingerprint density at radius 2 is 1.42 bits per heavy atom. The molecule has 0 aliphatic heterocycles. The third kappa shape index (κ3) is 8.27. The van der Waals surface area contributed by atoms with Gasteiger partial charge in [0.2, 0.25) is 0 Å². The van der Waals surface area contributed by atoms with Crippen LogP contribution in [0.4, 0.5) is 0 Å². The first kappa shape index (κ1) is 23.8. The molecule has 3 rings (SSSR count). The lowest BCUT2D eigenvalue weighted by atomic mass is 9.77. The van der Waals surface area contributed by atoms with E-state index in [2.05, 4.69) is 48.1 Å². The first-order valence-corrected chi connectivity index (χ1v) is 12.8. The number of nitrogens with zero attached hydrogens (tertiary/aromatic N) is 2. The maximum Gasteiger partial charge on any atom is 0.159 e. The van der Waals surface area contributed by atoms with Crippen LogP contribution in [-0.2, 0) is 6.42 Å². The van der Waals surface area contributed by atoms with Gasteiger partial charge in [0, 0.05) is 5.56 Å². The van der Waals surface area contributed by atoms with Gasteiger partial charge in [-0.3, -0.25) is 0 Å². The standard InChI is InChI=1S/C28H42N2O/c1-3-5-6-7-8-9-23-10-12-24(13-11-23)14-15-25-16-18-26(19-17-25)28-29-21-27(22-30-28)31-20-4-2/h16-19,21-24H,3-15,20H2,1-2H3/t23-,24-. The molecule has 1 heterocycles. The largest absolute Gasteiger partial charge is 0.490 e. The van der Waals surface area contributed by atoms with Crippen molar-refractivity contribution in [1.29, 1.82) is 0 Å². The number of benzene rings is 1. The first-order valence-electron chi connectivity index (χ1n) is 12.8. The van der Waals surface area contributed by atoms with Crippen LogP contribution in [0.15, 0.2) is 36.7 Å². The highest BCUT2D eigenvalue weighted by atomic mass is 16.5. The lowest BCUT2D eigenvalue weighted by Crippen LogP contribution is -2.15. The predicted octanol–water partition coefficient (Wildman–Crippen LogP) is 8.03. The predicted molar refractivity (Wildman–Crippen MR) is 130 cm³/mol. The van der Waals surface area contributed by atoms with E-state index in [0.717, 1.165) is 35.4 Å². The number of aryl methyl sites for hydroxylation is 1. The summed E-state index contributed by atoms with van der Waals surface area (Å²) in [7, 11) is 0. The maximum atomic E-state index is 5.57. The Bertz CT molecular complexity index is 718. The van der Waals surface area contributed by atoms with Crippen molar-refractivity contribution < 1.29 is 4.74 Å². The average Bonchev–Trinajstić information content (AvgIpc) is 2.83. The number of hydrogen-bond acceptors (Lipinski definition) is 3. The van der Waals surface area contributed by atoms with Crippen LogP contribution < -0.4 is 4.74 Å². The van der Waals surface area contributed by atoms with E-state index in [1.807, 2.05) is 0 Å². The van der Waals surface area contributed by atoms with Crippen molar-refractivity contribution in [2.24, 2.45) is 11.8 Å². The SMILES string of the molecule is CCCCCCC[C@H]1CC[C@H](CCc2ccc(-c3ncc(OCCC)cn3)cc2)CC1. The zero-order valence-electron chi connectivity index (χ0n) is 19.8. The highest BCUT2D eigenvalue weighted by molar-refractivity contribution is 5.55. The molecule has 1 fully saturated rings. The van der Waals surface area contributed by atoms with Gasteiger partial charge in [-0.05, 0) is 36.7 Å².